The number of rotatable bonds is 5. The molecule has 0 unspecified atom stereocenters. The van der Waals surface area contributed by atoms with Crippen LogP contribution in [0.4, 0.5) is 0 Å². The topological polar surface area (TPSA) is 52.2 Å². The number of hydrogen-bond acceptors (Lipinski definition) is 6. The van der Waals surface area contributed by atoms with Crippen molar-refractivity contribution in [1.29, 1.82) is 0 Å². The summed E-state index contributed by atoms with van der Waals surface area (Å²) in [5.41, 5.74) is 1.99. The van der Waals surface area contributed by atoms with Crippen molar-refractivity contribution in [3.8, 4) is 0 Å². The summed E-state index contributed by atoms with van der Waals surface area (Å²) < 4.78 is 4.42. The molecule has 5 aromatic rings. The average molecular weight is 445 g/mol. The van der Waals surface area contributed by atoms with Crippen molar-refractivity contribution in [3.05, 3.63) is 79.0 Å². The Morgan fingerprint density at radius 3 is 2.68 bits per heavy atom. The summed E-state index contributed by atoms with van der Waals surface area (Å²) in [6.45, 7) is 0.494. The molecule has 140 valence electrons. The second-order valence-electron chi connectivity index (χ2n) is 6.14. The van der Waals surface area contributed by atoms with E-state index in [4.69, 9.17) is 11.6 Å². The van der Waals surface area contributed by atoms with Crippen LogP contribution >= 0.6 is 46.0 Å². The molecule has 4 heterocycles. The maximum atomic E-state index is 13.0. The van der Waals surface area contributed by atoms with Gasteiger partial charge >= 0.3 is 0 Å². The third kappa shape index (κ3) is 3.16. The van der Waals surface area contributed by atoms with E-state index < -0.39 is 0 Å². The van der Waals surface area contributed by atoms with Crippen LogP contribution in [0.2, 0.25) is 5.02 Å². The van der Waals surface area contributed by atoms with Gasteiger partial charge < -0.3 is 0 Å². The Bertz CT molecular complexity index is 1320. The molecule has 0 spiro atoms. The molecule has 0 radical (unpaired) electrons. The summed E-state index contributed by atoms with van der Waals surface area (Å²) in [5.74, 6) is 1.32. The lowest BCUT2D eigenvalue weighted by Gasteiger charge is -2.08. The Labute approximate surface area is 177 Å². The number of benzene rings is 1. The van der Waals surface area contributed by atoms with Gasteiger partial charge in [0, 0.05) is 15.7 Å². The minimum Gasteiger partial charge on any atom is -0.270 e. The van der Waals surface area contributed by atoms with Crippen molar-refractivity contribution < 1.29 is 0 Å². The molecular formula is C19H13ClN4OS3. The molecule has 0 aliphatic rings. The van der Waals surface area contributed by atoms with Crippen LogP contribution in [0.3, 0.4) is 0 Å². The van der Waals surface area contributed by atoms with Gasteiger partial charge in [-0.2, -0.15) is 0 Å². The molecule has 0 bridgehead atoms. The average Bonchev–Trinajstić information content (AvgIpc) is 3.44. The van der Waals surface area contributed by atoms with Crippen LogP contribution in [-0.2, 0) is 12.3 Å². The third-order valence-corrected chi connectivity index (χ3v) is 7.36. The zero-order valence-corrected chi connectivity index (χ0v) is 17.6. The van der Waals surface area contributed by atoms with Crippen LogP contribution in [0.15, 0.2) is 63.2 Å². The standard InChI is InChI=1S/C19H13ClN4OS3/c20-13-5-3-12(4-6-13)11-28-19-22-21-18-23(10-14-2-1-8-26-14)17(25)16-15(24(18)19)7-9-27-16/h1-9H,10-11H2. The summed E-state index contributed by atoms with van der Waals surface area (Å²) in [6, 6.07) is 13.8. The first-order valence-corrected chi connectivity index (χ1v) is 11.6. The van der Waals surface area contributed by atoms with Gasteiger partial charge in [-0.15, -0.1) is 32.9 Å². The van der Waals surface area contributed by atoms with Crippen LogP contribution in [0, 0.1) is 0 Å². The molecule has 0 atom stereocenters. The predicted octanol–water partition coefficient (Wildman–Crippen LogP) is 5.16. The monoisotopic (exact) mass is 444 g/mol. The third-order valence-electron chi connectivity index (χ3n) is 4.36. The van der Waals surface area contributed by atoms with E-state index in [0.29, 0.717) is 12.3 Å². The van der Waals surface area contributed by atoms with Gasteiger partial charge in [0.05, 0.1) is 12.1 Å². The fourth-order valence-corrected chi connectivity index (χ4v) is 5.56. The predicted molar refractivity (Wildman–Crippen MR) is 117 cm³/mol. The number of nitrogens with zero attached hydrogens (tertiary/aromatic N) is 4. The zero-order valence-electron chi connectivity index (χ0n) is 14.4. The van der Waals surface area contributed by atoms with Crippen molar-refractivity contribution in [2.45, 2.75) is 17.5 Å². The highest BCUT2D eigenvalue weighted by Gasteiger charge is 2.18. The Balaban J connectivity index is 1.60. The molecule has 0 amide bonds. The van der Waals surface area contributed by atoms with Crippen molar-refractivity contribution in [2.75, 3.05) is 0 Å². The molecule has 0 fully saturated rings. The lowest BCUT2D eigenvalue weighted by Crippen LogP contribution is -2.22. The fourth-order valence-electron chi connectivity index (χ4n) is 3.02. The molecule has 5 rings (SSSR count). The molecule has 9 heteroatoms. The highest BCUT2D eigenvalue weighted by Crippen LogP contribution is 2.27. The van der Waals surface area contributed by atoms with Crippen LogP contribution in [-0.4, -0.2) is 19.2 Å². The molecule has 1 aromatic carbocycles. The maximum absolute atomic E-state index is 13.0. The van der Waals surface area contributed by atoms with E-state index in [9.17, 15) is 4.79 Å². The Hall–Kier alpha value is -2.13. The molecule has 28 heavy (non-hydrogen) atoms. The first kappa shape index (κ1) is 17.9. The Morgan fingerprint density at radius 2 is 1.89 bits per heavy atom. The molecule has 0 aliphatic carbocycles. The molecule has 5 nitrogen and oxygen atoms in total. The summed E-state index contributed by atoms with van der Waals surface area (Å²) in [7, 11) is 0. The van der Waals surface area contributed by atoms with Crippen LogP contribution in [0.1, 0.15) is 10.4 Å². The van der Waals surface area contributed by atoms with Gasteiger partial charge in [-0.25, -0.2) is 0 Å². The van der Waals surface area contributed by atoms with E-state index >= 15 is 0 Å². The van der Waals surface area contributed by atoms with E-state index in [1.165, 1.54) is 11.3 Å². The molecule has 0 saturated carbocycles. The van der Waals surface area contributed by atoms with Gasteiger partial charge in [-0.3, -0.25) is 13.8 Å². The smallest absolute Gasteiger partial charge is 0.270 e. The van der Waals surface area contributed by atoms with E-state index in [1.807, 2.05) is 57.6 Å². The summed E-state index contributed by atoms with van der Waals surface area (Å²) >= 11 is 10.6. The molecule has 0 aliphatic heterocycles. The van der Waals surface area contributed by atoms with E-state index in [2.05, 4.69) is 10.2 Å². The number of fused-ring (bicyclic) bond motifs is 3. The van der Waals surface area contributed by atoms with Crippen LogP contribution in [0.25, 0.3) is 16.0 Å². The minimum atomic E-state index is -0.0208. The first-order valence-electron chi connectivity index (χ1n) is 8.45. The highest BCUT2D eigenvalue weighted by atomic mass is 35.5. The van der Waals surface area contributed by atoms with Crippen molar-refractivity contribution in [1.82, 2.24) is 19.2 Å². The zero-order chi connectivity index (χ0) is 19.1. The molecule has 4 aromatic heterocycles. The second kappa shape index (κ2) is 7.36. The SMILES string of the molecule is O=c1c2sccc2n2c(SCc3ccc(Cl)cc3)nnc2n1Cc1cccs1. The first-order chi connectivity index (χ1) is 13.7. The number of thioether (sulfide) groups is 1. The van der Waals surface area contributed by atoms with Gasteiger partial charge in [-0.1, -0.05) is 41.6 Å². The van der Waals surface area contributed by atoms with Gasteiger partial charge in [0.2, 0.25) is 5.78 Å². The lowest BCUT2D eigenvalue weighted by molar-refractivity contribution is 0.775. The lowest BCUT2D eigenvalue weighted by atomic mass is 10.2. The van der Waals surface area contributed by atoms with Crippen molar-refractivity contribution in [2.24, 2.45) is 0 Å². The molecule has 0 N–H and O–H groups in total. The number of aromatic nitrogens is 4. The summed E-state index contributed by atoms with van der Waals surface area (Å²) in [5, 5.41) is 14.2. The van der Waals surface area contributed by atoms with Crippen LogP contribution in [0.5, 0.6) is 0 Å². The number of thiophene rings is 2. The molecule has 0 saturated heterocycles. The number of halogens is 1. The largest absolute Gasteiger partial charge is 0.273 e. The normalized spacial score (nSPS) is 11.6. The van der Waals surface area contributed by atoms with E-state index in [0.717, 1.165) is 36.6 Å². The van der Waals surface area contributed by atoms with Gasteiger partial charge in [0.25, 0.3) is 5.56 Å². The Morgan fingerprint density at radius 1 is 1.04 bits per heavy atom. The molecular weight excluding hydrogens is 432 g/mol. The highest BCUT2D eigenvalue weighted by molar-refractivity contribution is 7.98. The number of hydrogen-bond donors (Lipinski definition) is 0. The maximum Gasteiger partial charge on any atom is 0.273 e. The second-order valence-corrected chi connectivity index (χ2v) is 9.47. The van der Waals surface area contributed by atoms with Gasteiger partial charge in [-0.05, 0) is 40.6 Å². The Kier molecular flexibility index (Phi) is 4.72. The van der Waals surface area contributed by atoms with Crippen molar-refractivity contribution in [3.63, 3.8) is 0 Å². The summed E-state index contributed by atoms with van der Waals surface area (Å²) in [6.07, 6.45) is 0. The minimum absolute atomic E-state index is 0.0208. The quantitative estimate of drug-likeness (QED) is 0.351. The van der Waals surface area contributed by atoms with E-state index in [-0.39, 0.29) is 5.56 Å². The van der Waals surface area contributed by atoms with Gasteiger partial charge in [0.1, 0.15) is 4.70 Å². The van der Waals surface area contributed by atoms with Gasteiger partial charge in [0.15, 0.2) is 5.16 Å². The fraction of sp³-hybridized carbons (Fsp3) is 0.105. The van der Waals surface area contributed by atoms with Crippen molar-refractivity contribution >= 4 is 62.0 Å². The summed E-state index contributed by atoms with van der Waals surface area (Å²) in [4.78, 5) is 14.1. The van der Waals surface area contributed by atoms with Crippen LogP contribution < -0.4 is 5.56 Å². The van der Waals surface area contributed by atoms with E-state index in [1.54, 1.807) is 27.7 Å².